The number of aryl methyl sites for hydroxylation is 1. The number of hydrogen-bond donors (Lipinski definition) is 1. The van der Waals surface area contributed by atoms with Gasteiger partial charge >= 0.3 is 0 Å². The number of piperazine rings is 1. The molecular weight excluding hydrogens is 437 g/mol. The van der Waals surface area contributed by atoms with Crippen molar-refractivity contribution < 1.29 is 22.7 Å². The largest absolute Gasteiger partial charge is 0.491 e. The van der Waals surface area contributed by atoms with Crippen molar-refractivity contribution in [2.24, 2.45) is 0 Å². The highest BCUT2D eigenvalue weighted by Crippen LogP contribution is 2.28. The zero-order chi connectivity index (χ0) is 23.5. The van der Waals surface area contributed by atoms with Gasteiger partial charge in [0.2, 0.25) is 5.82 Å². The van der Waals surface area contributed by atoms with E-state index in [0.29, 0.717) is 42.4 Å². The van der Waals surface area contributed by atoms with Crippen LogP contribution in [0, 0.1) is 24.4 Å². The van der Waals surface area contributed by atoms with Gasteiger partial charge in [0.25, 0.3) is 5.91 Å². The maximum atomic E-state index is 14.5. The zero-order valence-electron chi connectivity index (χ0n) is 18.0. The molecule has 11 heteroatoms. The lowest BCUT2D eigenvalue weighted by atomic mass is 10.1. The molecule has 172 valence electrons. The molecule has 1 aliphatic heterocycles. The number of carbonyl (C=O) groups excluding carboxylic acids is 1. The Morgan fingerprint density at radius 2 is 1.79 bits per heavy atom. The van der Waals surface area contributed by atoms with Crippen LogP contribution in [-0.2, 0) is 0 Å². The molecule has 0 bridgehead atoms. The number of hydrogen-bond acceptors (Lipinski definition) is 7. The highest BCUT2D eigenvalue weighted by Gasteiger charge is 2.29. The zero-order valence-corrected chi connectivity index (χ0v) is 18.0. The number of carbonyl (C=O) groups is 1. The van der Waals surface area contributed by atoms with Crippen LogP contribution in [0.1, 0.15) is 16.2 Å². The van der Waals surface area contributed by atoms with Gasteiger partial charge < -0.3 is 19.9 Å². The molecule has 3 aromatic rings. The lowest BCUT2D eigenvalue weighted by molar-refractivity contribution is 0.0740. The van der Waals surface area contributed by atoms with Crippen molar-refractivity contribution in [1.82, 2.24) is 19.9 Å². The van der Waals surface area contributed by atoms with Crippen molar-refractivity contribution >= 4 is 23.4 Å². The number of rotatable bonds is 5. The van der Waals surface area contributed by atoms with E-state index in [1.54, 1.807) is 19.2 Å². The fraction of sp³-hybridized carbons (Fsp3) is 0.273. The van der Waals surface area contributed by atoms with E-state index in [2.05, 4.69) is 25.0 Å². The van der Waals surface area contributed by atoms with Crippen LogP contribution in [0.2, 0.25) is 0 Å². The Labute approximate surface area is 188 Å². The summed E-state index contributed by atoms with van der Waals surface area (Å²) in [6.07, 6.45) is 1.67. The lowest BCUT2D eigenvalue weighted by Gasteiger charge is -2.35. The molecule has 33 heavy (non-hydrogen) atoms. The molecule has 0 saturated carbocycles. The summed E-state index contributed by atoms with van der Waals surface area (Å²) in [7, 11) is 1.01. The Balaban J connectivity index is 1.47. The van der Waals surface area contributed by atoms with Crippen molar-refractivity contribution in [3.63, 3.8) is 0 Å². The first-order chi connectivity index (χ1) is 15.9. The summed E-state index contributed by atoms with van der Waals surface area (Å²) in [5, 5.41) is 3.13. The van der Waals surface area contributed by atoms with Crippen molar-refractivity contribution in [3.8, 4) is 5.75 Å². The van der Waals surface area contributed by atoms with Gasteiger partial charge in [0, 0.05) is 38.4 Å². The number of nitrogens with zero attached hydrogens (tertiary/aromatic N) is 5. The third-order valence-electron chi connectivity index (χ3n) is 5.19. The fourth-order valence-electron chi connectivity index (χ4n) is 3.57. The number of pyridine rings is 1. The minimum atomic E-state index is -1.47. The second kappa shape index (κ2) is 9.31. The number of benzene rings is 1. The smallest absolute Gasteiger partial charge is 0.257 e. The van der Waals surface area contributed by atoms with Gasteiger partial charge in [-0.25, -0.2) is 23.7 Å². The van der Waals surface area contributed by atoms with Gasteiger partial charge in [-0.2, -0.15) is 4.39 Å². The third kappa shape index (κ3) is 4.66. The quantitative estimate of drug-likeness (QED) is 0.588. The van der Waals surface area contributed by atoms with Gasteiger partial charge in [0.15, 0.2) is 17.4 Å². The Hall–Kier alpha value is -3.89. The van der Waals surface area contributed by atoms with Gasteiger partial charge in [0.05, 0.1) is 12.7 Å². The molecule has 1 fully saturated rings. The maximum Gasteiger partial charge on any atom is 0.257 e. The number of nitrogens with one attached hydrogen (secondary N) is 1. The van der Waals surface area contributed by atoms with E-state index >= 15 is 0 Å². The average molecular weight is 458 g/mol. The normalized spacial score (nSPS) is 13.7. The van der Waals surface area contributed by atoms with Crippen molar-refractivity contribution in [2.75, 3.05) is 43.5 Å². The van der Waals surface area contributed by atoms with Gasteiger partial charge in [0.1, 0.15) is 23.3 Å². The summed E-state index contributed by atoms with van der Waals surface area (Å²) in [4.78, 5) is 29.2. The van der Waals surface area contributed by atoms with Crippen LogP contribution in [0.4, 0.5) is 30.6 Å². The Morgan fingerprint density at radius 1 is 1.03 bits per heavy atom. The molecule has 2 aromatic heterocycles. The summed E-state index contributed by atoms with van der Waals surface area (Å²) in [6.45, 7) is 3.07. The summed E-state index contributed by atoms with van der Waals surface area (Å²) < 4.78 is 46.6. The van der Waals surface area contributed by atoms with Crippen LogP contribution in [-0.4, -0.2) is 59.0 Å². The lowest BCUT2D eigenvalue weighted by Crippen LogP contribution is -2.49. The standard InChI is InChI=1S/C22H21F3N6O2/c1-13-27-17(29-16-5-3-4-6-26-16)12-18(28-13)30-7-9-31(10-8-30)22(32)14-11-15(23)20(25)21(33-2)19(14)24/h3-6,11-12H,7-10H2,1-2H3,(H,26,27,28,29). The van der Waals surface area contributed by atoms with Crippen LogP contribution >= 0.6 is 0 Å². The molecular formula is C22H21F3N6O2. The minimum absolute atomic E-state index is 0.242. The molecule has 0 atom stereocenters. The molecule has 8 nitrogen and oxygen atoms in total. The Bertz CT molecular complexity index is 1170. The second-order valence-electron chi connectivity index (χ2n) is 7.34. The predicted molar refractivity (Wildman–Crippen MR) is 115 cm³/mol. The number of ether oxygens (including phenoxy) is 1. The van der Waals surface area contributed by atoms with E-state index in [9.17, 15) is 18.0 Å². The monoisotopic (exact) mass is 458 g/mol. The first-order valence-electron chi connectivity index (χ1n) is 10.2. The van der Waals surface area contributed by atoms with E-state index in [0.717, 1.165) is 7.11 Å². The second-order valence-corrected chi connectivity index (χ2v) is 7.34. The molecule has 0 spiro atoms. The Morgan fingerprint density at radius 3 is 2.45 bits per heavy atom. The van der Waals surface area contributed by atoms with Gasteiger partial charge in [-0.15, -0.1) is 0 Å². The summed E-state index contributed by atoms with van der Waals surface area (Å²) in [5.74, 6) is -3.26. The Kier molecular flexibility index (Phi) is 6.29. The first-order valence-corrected chi connectivity index (χ1v) is 10.2. The predicted octanol–water partition coefficient (Wildman–Crippen LogP) is 3.31. The van der Waals surface area contributed by atoms with Gasteiger partial charge in [-0.05, 0) is 25.1 Å². The third-order valence-corrected chi connectivity index (χ3v) is 5.19. The van der Waals surface area contributed by atoms with Crippen LogP contribution in [0.5, 0.6) is 5.75 Å². The topological polar surface area (TPSA) is 83.5 Å². The fourth-order valence-corrected chi connectivity index (χ4v) is 3.57. The van der Waals surface area contributed by atoms with E-state index in [1.165, 1.54) is 4.90 Å². The van der Waals surface area contributed by atoms with Crippen molar-refractivity contribution in [2.45, 2.75) is 6.92 Å². The molecule has 1 N–H and O–H groups in total. The highest BCUT2D eigenvalue weighted by molar-refractivity contribution is 5.95. The molecule has 3 heterocycles. The number of aromatic nitrogens is 3. The highest BCUT2D eigenvalue weighted by atomic mass is 19.2. The molecule has 1 saturated heterocycles. The summed E-state index contributed by atoms with van der Waals surface area (Å²) >= 11 is 0. The van der Waals surface area contributed by atoms with Crippen LogP contribution in [0.25, 0.3) is 0 Å². The van der Waals surface area contributed by atoms with Crippen LogP contribution in [0.15, 0.2) is 36.5 Å². The molecule has 4 rings (SSSR count). The first kappa shape index (κ1) is 22.3. The van der Waals surface area contributed by atoms with Crippen LogP contribution < -0.4 is 15.0 Å². The minimum Gasteiger partial charge on any atom is -0.491 e. The number of methoxy groups -OCH3 is 1. The van der Waals surface area contributed by atoms with Crippen LogP contribution in [0.3, 0.4) is 0 Å². The molecule has 0 aliphatic carbocycles. The van der Waals surface area contributed by atoms with E-state index in [-0.39, 0.29) is 13.1 Å². The van der Waals surface area contributed by atoms with Crippen molar-refractivity contribution in [1.29, 1.82) is 0 Å². The molecule has 0 radical (unpaired) electrons. The van der Waals surface area contributed by atoms with E-state index in [1.807, 2.05) is 23.1 Å². The summed E-state index contributed by atoms with van der Waals surface area (Å²) in [5.41, 5.74) is -0.570. The average Bonchev–Trinajstić information content (AvgIpc) is 2.82. The summed E-state index contributed by atoms with van der Waals surface area (Å²) in [6, 6.07) is 7.81. The molecule has 0 unspecified atom stereocenters. The maximum absolute atomic E-state index is 14.5. The van der Waals surface area contributed by atoms with Gasteiger partial charge in [-0.1, -0.05) is 6.07 Å². The van der Waals surface area contributed by atoms with E-state index < -0.39 is 34.7 Å². The van der Waals surface area contributed by atoms with Crippen molar-refractivity contribution in [3.05, 3.63) is 65.4 Å². The van der Waals surface area contributed by atoms with E-state index in [4.69, 9.17) is 0 Å². The number of anilines is 3. The number of amides is 1. The molecule has 1 aliphatic rings. The molecule has 1 aromatic carbocycles. The van der Waals surface area contributed by atoms with Gasteiger partial charge in [-0.3, -0.25) is 4.79 Å². The number of halogens is 3. The SMILES string of the molecule is COc1c(F)c(F)cc(C(=O)N2CCN(c3cc(Nc4ccccn4)nc(C)n3)CC2)c1F. The molecule has 1 amide bonds.